The molecule has 0 spiro atoms. The molecule has 170 valence electrons. The first-order valence-electron chi connectivity index (χ1n) is 11.2. The average molecular weight is 432 g/mol. The highest BCUT2D eigenvalue weighted by atomic mass is 16.5. The maximum atomic E-state index is 12.7. The second-order valence-corrected chi connectivity index (χ2v) is 8.01. The minimum Gasteiger partial charge on any atom is -0.465 e. The van der Waals surface area contributed by atoms with Crippen LogP contribution in [0.5, 0.6) is 0 Å². The summed E-state index contributed by atoms with van der Waals surface area (Å²) in [5, 5.41) is 2.62. The number of hydrogen-bond donors (Lipinski definition) is 1. The Kier molecular flexibility index (Phi) is 8.49. The summed E-state index contributed by atoms with van der Waals surface area (Å²) in [4.78, 5) is 46.7. The van der Waals surface area contributed by atoms with Gasteiger partial charge in [0.1, 0.15) is 12.4 Å². The van der Waals surface area contributed by atoms with E-state index < -0.39 is 5.97 Å². The van der Waals surface area contributed by atoms with Crippen LogP contribution in [-0.2, 0) is 14.3 Å². The molecule has 0 saturated carbocycles. The minimum atomic E-state index is -0.432. The maximum absolute atomic E-state index is 12.7. The SMILES string of the molecule is CCOC(=O)CNC(=O)N1CCC[C@H](CCC(=O)N2CCN(c3ccccn3)CC2)C1. The minimum absolute atomic E-state index is 0.114. The molecule has 31 heavy (non-hydrogen) atoms. The lowest BCUT2D eigenvalue weighted by Gasteiger charge is -2.36. The third kappa shape index (κ3) is 6.83. The molecule has 1 atom stereocenters. The zero-order valence-electron chi connectivity index (χ0n) is 18.3. The molecule has 3 heterocycles. The van der Waals surface area contributed by atoms with Crippen molar-refractivity contribution in [2.45, 2.75) is 32.6 Å². The van der Waals surface area contributed by atoms with Crippen molar-refractivity contribution < 1.29 is 19.1 Å². The van der Waals surface area contributed by atoms with Gasteiger partial charge in [-0.25, -0.2) is 9.78 Å². The molecule has 1 aromatic heterocycles. The predicted molar refractivity (Wildman–Crippen MR) is 117 cm³/mol. The van der Waals surface area contributed by atoms with Crippen molar-refractivity contribution in [3.05, 3.63) is 24.4 Å². The topological polar surface area (TPSA) is 95.1 Å². The number of rotatable bonds is 7. The van der Waals surface area contributed by atoms with Crippen molar-refractivity contribution in [3.63, 3.8) is 0 Å². The number of aromatic nitrogens is 1. The van der Waals surface area contributed by atoms with Crippen molar-refractivity contribution in [1.82, 2.24) is 20.1 Å². The first kappa shape index (κ1) is 22.8. The molecule has 3 rings (SSSR count). The number of nitrogens with one attached hydrogen (secondary N) is 1. The van der Waals surface area contributed by atoms with Gasteiger partial charge in [-0.3, -0.25) is 9.59 Å². The molecular weight excluding hydrogens is 398 g/mol. The molecule has 0 bridgehead atoms. The largest absolute Gasteiger partial charge is 0.465 e. The molecule has 0 radical (unpaired) electrons. The summed E-state index contributed by atoms with van der Waals surface area (Å²) in [5.41, 5.74) is 0. The van der Waals surface area contributed by atoms with E-state index in [1.54, 1.807) is 18.0 Å². The number of anilines is 1. The molecule has 2 fully saturated rings. The smallest absolute Gasteiger partial charge is 0.325 e. The fourth-order valence-electron chi connectivity index (χ4n) is 4.17. The molecule has 9 heteroatoms. The summed E-state index contributed by atoms with van der Waals surface area (Å²) in [5.74, 6) is 1.02. The van der Waals surface area contributed by atoms with Crippen LogP contribution in [0.4, 0.5) is 10.6 Å². The van der Waals surface area contributed by atoms with Crippen molar-refractivity contribution in [2.75, 3.05) is 57.3 Å². The van der Waals surface area contributed by atoms with E-state index in [1.165, 1.54) is 0 Å². The molecular formula is C22H33N5O4. The number of nitrogens with zero attached hydrogens (tertiary/aromatic N) is 4. The van der Waals surface area contributed by atoms with Crippen LogP contribution in [0, 0.1) is 5.92 Å². The number of esters is 1. The third-order valence-electron chi connectivity index (χ3n) is 5.87. The lowest BCUT2D eigenvalue weighted by molar-refractivity contribution is -0.141. The maximum Gasteiger partial charge on any atom is 0.325 e. The van der Waals surface area contributed by atoms with Gasteiger partial charge in [0.05, 0.1) is 6.61 Å². The quantitative estimate of drug-likeness (QED) is 0.658. The second kappa shape index (κ2) is 11.5. The van der Waals surface area contributed by atoms with Crippen LogP contribution in [-0.4, -0.2) is 85.1 Å². The van der Waals surface area contributed by atoms with Gasteiger partial charge in [-0.05, 0) is 44.2 Å². The molecule has 0 aromatic carbocycles. The lowest BCUT2D eigenvalue weighted by atomic mass is 9.93. The molecule has 2 saturated heterocycles. The van der Waals surface area contributed by atoms with E-state index in [-0.39, 0.29) is 18.5 Å². The highest BCUT2D eigenvalue weighted by molar-refractivity contribution is 5.81. The van der Waals surface area contributed by atoms with E-state index in [0.717, 1.165) is 38.2 Å². The van der Waals surface area contributed by atoms with Gasteiger partial charge in [0.2, 0.25) is 5.91 Å². The predicted octanol–water partition coefficient (Wildman–Crippen LogP) is 1.50. The number of urea groups is 1. The van der Waals surface area contributed by atoms with Crippen LogP contribution >= 0.6 is 0 Å². The van der Waals surface area contributed by atoms with Gasteiger partial charge in [-0.2, -0.15) is 0 Å². The molecule has 2 aliphatic heterocycles. The van der Waals surface area contributed by atoms with Gasteiger partial charge >= 0.3 is 12.0 Å². The highest BCUT2D eigenvalue weighted by Crippen LogP contribution is 2.22. The van der Waals surface area contributed by atoms with Gasteiger partial charge in [0.25, 0.3) is 0 Å². The highest BCUT2D eigenvalue weighted by Gasteiger charge is 2.26. The van der Waals surface area contributed by atoms with Gasteiger partial charge in [0, 0.05) is 51.9 Å². The summed E-state index contributed by atoms with van der Waals surface area (Å²) >= 11 is 0. The Bertz CT molecular complexity index is 737. The van der Waals surface area contributed by atoms with E-state index in [0.29, 0.717) is 45.1 Å². The van der Waals surface area contributed by atoms with E-state index >= 15 is 0 Å². The zero-order valence-corrected chi connectivity index (χ0v) is 18.3. The van der Waals surface area contributed by atoms with Crippen LogP contribution in [0.3, 0.4) is 0 Å². The zero-order chi connectivity index (χ0) is 22.1. The van der Waals surface area contributed by atoms with Gasteiger partial charge in [-0.1, -0.05) is 6.07 Å². The molecule has 2 aliphatic rings. The standard InChI is InChI=1S/C22H33N5O4/c1-2-31-21(29)16-24-22(30)27-11-5-6-18(17-27)8-9-20(28)26-14-12-25(13-15-26)19-7-3-4-10-23-19/h3-4,7,10,18H,2,5-6,8-9,11-17H2,1H3,(H,24,30)/t18-/m1/s1. The number of ether oxygens (including phenoxy) is 1. The number of piperazine rings is 1. The number of carbonyl (C=O) groups is 3. The fraction of sp³-hybridized carbons (Fsp3) is 0.636. The van der Waals surface area contributed by atoms with Gasteiger partial charge in [-0.15, -0.1) is 0 Å². The van der Waals surface area contributed by atoms with Crippen molar-refractivity contribution in [3.8, 4) is 0 Å². The monoisotopic (exact) mass is 431 g/mol. The summed E-state index contributed by atoms with van der Waals surface area (Å²) in [6.07, 6.45) is 5.00. The Morgan fingerprint density at radius 2 is 1.94 bits per heavy atom. The fourth-order valence-corrected chi connectivity index (χ4v) is 4.17. The van der Waals surface area contributed by atoms with E-state index in [9.17, 15) is 14.4 Å². The number of pyridine rings is 1. The number of amides is 3. The summed E-state index contributed by atoms with van der Waals surface area (Å²) in [6.45, 7) is 6.22. The summed E-state index contributed by atoms with van der Waals surface area (Å²) in [6, 6.07) is 5.63. The Labute approximate surface area is 183 Å². The first-order valence-corrected chi connectivity index (χ1v) is 11.2. The Balaban J connectivity index is 1.37. The summed E-state index contributed by atoms with van der Waals surface area (Å²) in [7, 11) is 0. The molecule has 0 unspecified atom stereocenters. The molecule has 0 aliphatic carbocycles. The third-order valence-corrected chi connectivity index (χ3v) is 5.87. The van der Waals surface area contributed by atoms with Crippen LogP contribution in [0.2, 0.25) is 0 Å². The van der Waals surface area contributed by atoms with E-state index in [4.69, 9.17) is 4.74 Å². The number of hydrogen-bond acceptors (Lipinski definition) is 6. The van der Waals surface area contributed by atoms with Crippen LogP contribution in [0.25, 0.3) is 0 Å². The Morgan fingerprint density at radius 1 is 1.13 bits per heavy atom. The van der Waals surface area contributed by atoms with Crippen molar-refractivity contribution in [2.24, 2.45) is 5.92 Å². The van der Waals surface area contributed by atoms with Gasteiger partial charge in [0.15, 0.2) is 0 Å². The number of piperidine rings is 1. The lowest BCUT2D eigenvalue weighted by Crippen LogP contribution is -2.49. The molecule has 3 amide bonds. The van der Waals surface area contributed by atoms with Crippen molar-refractivity contribution >= 4 is 23.7 Å². The Hall–Kier alpha value is -2.84. The molecule has 1 N–H and O–H groups in total. The molecule has 9 nitrogen and oxygen atoms in total. The normalized spacial score (nSPS) is 19.1. The second-order valence-electron chi connectivity index (χ2n) is 8.01. The first-order chi connectivity index (χ1) is 15.1. The van der Waals surface area contributed by atoms with E-state index in [2.05, 4.69) is 15.2 Å². The van der Waals surface area contributed by atoms with Crippen LogP contribution in [0.1, 0.15) is 32.6 Å². The van der Waals surface area contributed by atoms with Gasteiger partial charge < -0.3 is 24.8 Å². The summed E-state index contributed by atoms with van der Waals surface area (Å²) < 4.78 is 4.83. The average Bonchev–Trinajstić information content (AvgIpc) is 2.82. The van der Waals surface area contributed by atoms with Crippen LogP contribution < -0.4 is 10.2 Å². The van der Waals surface area contributed by atoms with Crippen LogP contribution in [0.15, 0.2) is 24.4 Å². The number of likely N-dealkylation sites (tertiary alicyclic amines) is 1. The van der Waals surface area contributed by atoms with E-state index in [1.807, 2.05) is 23.1 Å². The molecule has 1 aromatic rings. The number of carbonyl (C=O) groups excluding carboxylic acids is 3. The van der Waals surface area contributed by atoms with Crippen molar-refractivity contribution in [1.29, 1.82) is 0 Å². The Morgan fingerprint density at radius 3 is 2.65 bits per heavy atom.